The van der Waals surface area contributed by atoms with E-state index in [0.717, 1.165) is 17.7 Å². The Morgan fingerprint density at radius 1 is 1.63 bits per heavy atom. The van der Waals surface area contributed by atoms with E-state index in [1.54, 1.807) is 23.9 Å². The average Bonchev–Trinajstić information content (AvgIpc) is 2.53. The molecule has 3 N–H and O–H groups in total. The summed E-state index contributed by atoms with van der Waals surface area (Å²) < 4.78 is 13.8. The summed E-state index contributed by atoms with van der Waals surface area (Å²) in [4.78, 5) is 4.49. The van der Waals surface area contributed by atoms with Crippen LogP contribution in [-0.2, 0) is 0 Å². The molecule has 100 valence electrons. The van der Waals surface area contributed by atoms with Gasteiger partial charge in [-0.05, 0) is 37.3 Å². The van der Waals surface area contributed by atoms with Gasteiger partial charge in [0.05, 0.1) is 5.54 Å². The lowest BCUT2D eigenvalue weighted by Crippen LogP contribution is -2.32. The van der Waals surface area contributed by atoms with Crippen molar-refractivity contribution >= 4 is 16.9 Å². The zero-order valence-corrected chi connectivity index (χ0v) is 11.6. The predicted octanol–water partition coefficient (Wildman–Crippen LogP) is 2.76. The van der Waals surface area contributed by atoms with Crippen molar-refractivity contribution in [2.75, 3.05) is 5.75 Å². The molecule has 0 aromatic carbocycles. The molecule has 0 bridgehead atoms. The van der Waals surface area contributed by atoms with Crippen LogP contribution >= 0.6 is 11.8 Å². The van der Waals surface area contributed by atoms with Gasteiger partial charge >= 0.3 is 0 Å². The molecule has 0 saturated heterocycles. The van der Waals surface area contributed by atoms with Crippen molar-refractivity contribution in [1.82, 2.24) is 5.32 Å². The maximum absolute atomic E-state index is 13.8. The first-order chi connectivity index (χ1) is 9.05. The highest BCUT2D eigenvalue weighted by molar-refractivity contribution is 8.13. The van der Waals surface area contributed by atoms with E-state index in [0.29, 0.717) is 5.17 Å². The van der Waals surface area contributed by atoms with E-state index in [1.165, 1.54) is 12.3 Å². The summed E-state index contributed by atoms with van der Waals surface area (Å²) in [6, 6.07) is 0. The van der Waals surface area contributed by atoms with Crippen molar-refractivity contribution in [3.63, 3.8) is 0 Å². The van der Waals surface area contributed by atoms with Gasteiger partial charge in [0.15, 0.2) is 11.0 Å². The SMILES string of the molecule is C=CNC1=C=CC(C2(C)CCSC(N)=N2)=CC=C1F. The monoisotopic (exact) mass is 277 g/mol. The fourth-order valence-electron chi connectivity index (χ4n) is 1.96. The molecule has 0 spiro atoms. The zero-order chi connectivity index (χ0) is 13.9. The Bertz CT molecular complexity index is 553. The van der Waals surface area contributed by atoms with Crippen LogP contribution in [0.3, 0.4) is 0 Å². The Labute approximate surface area is 116 Å². The van der Waals surface area contributed by atoms with Crippen molar-refractivity contribution < 1.29 is 4.39 Å². The molecule has 1 heterocycles. The summed E-state index contributed by atoms with van der Waals surface area (Å²) in [7, 11) is 0. The number of aliphatic imine (C=N–C) groups is 1. The molecule has 1 unspecified atom stereocenters. The second-order valence-electron chi connectivity index (χ2n) is 4.47. The first-order valence-electron chi connectivity index (χ1n) is 5.96. The molecular weight excluding hydrogens is 261 g/mol. The maximum atomic E-state index is 13.8. The van der Waals surface area contributed by atoms with E-state index in [9.17, 15) is 4.39 Å². The third-order valence-corrected chi connectivity index (χ3v) is 3.88. The molecule has 2 aliphatic rings. The third-order valence-electron chi connectivity index (χ3n) is 3.08. The summed E-state index contributed by atoms with van der Waals surface area (Å²) in [5.41, 5.74) is 9.44. The van der Waals surface area contributed by atoms with E-state index in [-0.39, 0.29) is 11.5 Å². The molecule has 1 aliphatic heterocycles. The van der Waals surface area contributed by atoms with Crippen LogP contribution in [0, 0.1) is 0 Å². The van der Waals surface area contributed by atoms with Gasteiger partial charge in [0, 0.05) is 5.75 Å². The van der Waals surface area contributed by atoms with Gasteiger partial charge in [-0.2, -0.15) is 0 Å². The number of thioether (sulfide) groups is 1. The van der Waals surface area contributed by atoms with Gasteiger partial charge in [-0.3, -0.25) is 4.99 Å². The molecule has 3 nitrogen and oxygen atoms in total. The molecule has 0 radical (unpaired) electrons. The van der Waals surface area contributed by atoms with E-state index in [2.05, 4.69) is 22.6 Å². The smallest absolute Gasteiger partial charge is 0.154 e. The number of amidine groups is 1. The molecule has 0 aromatic rings. The number of hydrogen-bond acceptors (Lipinski definition) is 4. The first kappa shape index (κ1) is 13.7. The lowest BCUT2D eigenvalue weighted by Gasteiger charge is -2.30. The standard InChI is InChI=1S/C14H16FN3S/c1-3-17-12-7-5-10(4-6-11(12)15)14(2)8-9-19-13(16)18-14/h3-6,17H,1,8-9H2,2H3,(H2,16,18). The fraction of sp³-hybridized carbons (Fsp3) is 0.286. The minimum atomic E-state index is -0.414. The number of rotatable bonds is 3. The van der Waals surface area contributed by atoms with E-state index < -0.39 is 5.54 Å². The minimum Gasteiger partial charge on any atom is -0.379 e. The van der Waals surface area contributed by atoms with Crippen molar-refractivity contribution in [1.29, 1.82) is 0 Å². The average molecular weight is 277 g/mol. The second kappa shape index (κ2) is 5.51. The molecule has 2 rings (SSSR count). The molecular formula is C14H16FN3S. The van der Waals surface area contributed by atoms with Crippen LogP contribution in [0.2, 0.25) is 0 Å². The third kappa shape index (κ3) is 3.00. The predicted molar refractivity (Wildman–Crippen MR) is 79.3 cm³/mol. The largest absolute Gasteiger partial charge is 0.379 e. The maximum Gasteiger partial charge on any atom is 0.154 e. The second-order valence-corrected chi connectivity index (χ2v) is 5.59. The van der Waals surface area contributed by atoms with Crippen LogP contribution in [0.4, 0.5) is 4.39 Å². The Morgan fingerprint density at radius 3 is 3.11 bits per heavy atom. The minimum absolute atomic E-state index is 0.270. The first-order valence-corrected chi connectivity index (χ1v) is 6.94. The number of nitrogens with zero attached hydrogens (tertiary/aromatic N) is 1. The van der Waals surface area contributed by atoms with Crippen LogP contribution in [0.1, 0.15) is 13.3 Å². The van der Waals surface area contributed by atoms with Crippen LogP contribution in [-0.4, -0.2) is 16.5 Å². The number of nitrogens with one attached hydrogen (secondary N) is 1. The van der Waals surface area contributed by atoms with Crippen LogP contribution in [0.15, 0.2) is 58.8 Å². The van der Waals surface area contributed by atoms with Gasteiger partial charge in [-0.1, -0.05) is 30.1 Å². The molecule has 19 heavy (non-hydrogen) atoms. The Kier molecular flexibility index (Phi) is 3.98. The van der Waals surface area contributed by atoms with Gasteiger partial charge < -0.3 is 11.1 Å². The van der Waals surface area contributed by atoms with Crippen LogP contribution < -0.4 is 11.1 Å². The lowest BCUT2D eigenvalue weighted by molar-refractivity contribution is 0.547. The summed E-state index contributed by atoms with van der Waals surface area (Å²) in [5.74, 6) is 0.530. The van der Waals surface area contributed by atoms with Crippen molar-refractivity contribution in [2.24, 2.45) is 10.7 Å². The van der Waals surface area contributed by atoms with Gasteiger partial charge in [0.1, 0.15) is 5.70 Å². The van der Waals surface area contributed by atoms with E-state index in [4.69, 9.17) is 5.73 Å². The summed E-state index contributed by atoms with van der Waals surface area (Å²) in [6.07, 6.45) is 7.18. The molecule has 0 saturated carbocycles. The Morgan fingerprint density at radius 2 is 2.42 bits per heavy atom. The number of nitrogens with two attached hydrogens (primary N) is 1. The van der Waals surface area contributed by atoms with Gasteiger partial charge in [0.25, 0.3) is 0 Å². The molecule has 1 aliphatic carbocycles. The van der Waals surface area contributed by atoms with Gasteiger partial charge in [0.2, 0.25) is 0 Å². The fourth-order valence-corrected chi connectivity index (χ4v) is 2.93. The van der Waals surface area contributed by atoms with Crippen molar-refractivity contribution in [2.45, 2.75) is 18.9 Å². The molecule has 0 fully saturated rings. The van der Waals surface area contributed by atoms with Crippen molar-refractivity contribution in [3.05, 3.63) is 53.8 Å². The Hall–Kier alpha value is -1.71. The van der Waals surface area contributed by atoms with Crippen LogP contribution in [0.5, 0.6) is 0 Å². The van der Waals surface area contributed by atoms with E-state index >= 15 is 0 Å². The quantitative estimate of drug-likeness (QED) is 0.780. The zero-order valence-electron chi connectivity index (χ0n) is 10.7. The summed E-state index contributed by atoms with van der Waals surface area (Å²) >= 11 is 1.54. The molecule has 0 amide bonds. The van der Waals surface area contributed by atoms with Crippen molar-refractivity contribution in [3.8, 4) is 0 Å². The van der Waals surface area contributed by atoms with Gasteiger partial charge in [-0.25, -0.2) is 4.39 Å². The summed E-state index contributed by atoms with van der Waals surface area (Å²) in [5, 5.41) is 3.29. The molecule has 5 heteroatoms. The topological polar surface area (TPSA) is 50.4 Å². The number of allylic oxidation sites excluding steroid dienone is 2. The molecule has 1 atom stereocenters. The normalized spacial score (nSPS) is 26.6. The van der Waals surface area contributed by atoms with Gasteiger partial charge in [-0.15, -0.1) is 0 Å². The highest BCUT2D eigenvalue weighted by Gasteiger charge is 2.30. The highest BCUT2D eigenvalue weighted by atomic mass is 32.2. The highest BCUT2D eigenvalue weighted by Crippen LogP contribution is 2.33. The lowest BCUT2D eigenvalue weighted by atomic mass is 9.89. The van der Waals surface area contributed by atoms with E-state index in [1.807, 2.05) is 6.92 Å². The number of halogens is 1. The van der Waals surface area contributed by atoms with Crippen LogP contribution in [0.25, 0.3) is 0 Å². The Balaban J connectivity index is 2.39. The molecule has 0 aromatic heterocycles. The number of hydrogen-bond donors (Lipinski definition) is 2. The summed E-state index contributed by atoms with van der Waals surface area (Å²) in [6.45, 7) is 5.52.